The molecule has 1 aromatic heterocycles. The molecule has 0 saturated heterocycles. The third-order valence-corrected chi connectivity index (χ3v) is 2.67. The molecule has 66 valence electrons. The average molecular weight is 186 g/mol. The van der Waals surface area contributed by atoms with Crippen LogP contribution >= 0.6 is 11.6 Å². The first-order valence-corrected chi connectivity index (χ1v) is 4.51. The molecule has 0 amide bonds. The summed E-state index contributed by atoms with van der Waals surface area (Å²) in [6.45, 7) is 0. The van der Waals surface area contributed by atoms with E-state index in [0.29, 0.717) is 10.9 Å². The number of nitrogens with two attached hydrogens (primary N) is 1. The highest BCUT2D eigenvalue weighted by Crippen LogP contribution is 2.40. The van der Waals surface area contributed by atoms with E-state index in [2.05, 4.69) is 5.10 Å². The lowest BCUT2D eigenvalue weighted by atomic mass is 10.1. The number of halogens is 1. The summed E-state index contributed by atoms with van der Waals surface area (Å²) in [6.07, 6.45) is 4.10. The maximum Gasteiger partial charge on any atom is 0.0834 e. The average Bonchev–Trinajstić information content (AvgIpc) is 2.79. The van der Waals surface area contributed by atoms with Crippen molar-refractivity contribution in [3.8, 4) is 0 Å². The molecule has 1 fully saturated rings. The van der Waals surface area contributed by atoms with Crippen molar-refractivity contribution in [1.82, 2.24) is 9.78 Å². The van der Waals surface area contributed by atoms with Crippen molar-refractivity contribution < 1.29 is 0 Å². The normalized spacial score (nSPS) is 19.6. The van der Waals surface area contributed by atoms with E-state index in [9.17, 15) is 0 Å². The zero-order chi connectivity index (χ0) is 8.72. The molecule has 1 saturated carbocycles. The highest BCUT2D eigenvalue weighted by molar-refractivity contribution is 6.31. The monoisotopic (exact) mass is 185 g/mol. The van der Waals surface area contributed by atoms with Crippen LogP contribution in [-0.4, -0.2) is 9.78 Å². The van der Waals surface area contributed by atoms with Gasteiger partial charge in [-0.25, -0.2) is 0 Å². The Morgan fingerprint density at radius 1 is 1.75 bits per heavy atom. The SMILES string of the molecule is Cn1ncc(Cl)c1C(N)C1CC1. The zero-order valence-electron chi connectivity index (χ0n) is 7.00. The molecule has 0 bridgehead atoms. The standard InChI is InChI=1S/C8H12ClN3/c1-12-8(6(9)4-11-12)7(10)5-2-3-5/h4-5,7H,2-3,10H2,1H3. The van der Waals surface area contributed by atoms with Gasteiger partial charge in [-0.2, -0.15) is 5.10 Å². The summed E-state index contributed by atoms with van der Waals surface area (Å²) in [5.41, 5.74) is 6.97. The first-order valence-electron chi connectivity index (χ1n) is 4.13. The van der Waals surface area contributed by atoms with E-state index in [4.69, 9.17) is 17.3 Å². The quantitative estimate of drug-likeness (QED) is 0.759. The molecular formula is C8H12ClN3. The van der Waals surface area contributed by atoms with Crippen LogP contribution in [0.25, 0.3) is 0 Å². The van der Waals surface area contributed by atoms with Crippen molar-refractivity contribution in [3.05, 3.63) is 16.9 Å². The maximum atomic E-state index is 6.00. The Bertz CT molecular complexity index is 271. The molecule has 1 aromatic rings. The van der Waals surface area contributed by atoms with Crippen LogP contribution in [0.15, 0.2) is 6.20 Å². The van der Waals surface area contributed by atoms with Crippen molar-refractivity contribution in [3.63, 3.8) is 0 Å². The molecule has 0 aromatic carbocycles. The summed E-state index contributed by atoms with van der Waals surface area (Å²) in [5.74, 6) is 0.623. The Morgan fingerprint density at radius 3 is 2.83 bits per heavy atom. The van der Waals surface area contributed by atoms with Crippen LogP contribution in [0, 0.1) is 5.92 Å². The Labute approximate surface area is 76.5 Å². The fraction of sp³-hybridized carbons (Fsp3) is 0.625. The second-order valence-electron chi connectivity index (χ2n) is 3.36. The summed E-state index contributed by atoms with van der Waals surface area (Å²) in [4.78, 5) is 0. The second kappa shape index (κ2) is 2.75. The molecule has 4 heteroatoms. The van der Waals surface area contributed by atoms with Crippen LogP contribution in [0.5, 0.6) is 0 Å². The van der Waals surface area contributed by atoms with Gasteiger partial charge in [0.1, 0.15) is 0 Å². The van der Waals surface area contributed by atoms with Crippen molar-refractivity contribution >= 4 is 11.6 Å². The van der Waals surface area contributed by atoms with E-state index in [-0.39, 0.29) is 6.04 Å². The number of hydrogen-bond donors (Lipinski definition) is 1. The third-order valence-electron chi connectivity index (χ3n) is 2.38. The summed E-state index contributed by atoms with van der Waals surface area (Å²) in [6, 6.07) is 0.0741. The first kappa shape index (κ1) is 8.08. The molecule has 1 heterocycles. The van der Waals surface area contributed by atoms with Gasteiger partial charge in [-0.15, -0.1) is 0 Å². The lowest BCUT2D eigenvalue weighted by Crippen LogP contribution is -2.16. The molecule has 3 nitrogen and oxygen atoms in total. The molecule has 2 N–H and O–H groups in total. The molecule has 12 heavy (non-hydrogen) atoms. The fourth-order valence-corrected chi connectivity index (χ4v) is 1.77. The van der Waals surface area contributed by atoms with Crippen molar-refractivity contribution in [2.75, 3.05) is 0 Å². The van der Waals surface area contributed by atoms with Crippen LogP contribution in [0.4, 0.5) is 0 Å². The highest BCUT2D eigenvalue weighted by Gasteiger charge is 2.32. The lowest BCUT2D eigenvalue weighted by molar-refractivity contribution is 0.566. The van der Waals surface area contributed by atoms with E-state index in [1.54, 1.807) is 10.9 Å². The van der Waals surface area contributed by atoms with E-state index in [0.717, 1.165) is 5.69 Å². The van der Waals surface area contributed by atoms with Crippen LogP contribution in [0.3, 0.4) is 0 Å². The summed E-state index contributed by atoms with van der Waals surface area (Å²) in [5, 5.41) is 4.74. The predicted molar refractivity (Wildman–Crippen MR) is 47.9 cm³/mol. The summed E-state index contributed by atoms with van der Waals surface area (Å²) < 4.78 is 1.77. The Kier molecular flexibility index (Phi) is 1.85. The second-order valence-corrected chi connectivity index (χ2v) is 3.77. The molecule has 0 spiro atoms. The van der Waals surface area contributed by atoms with Gasteiger partial charge in [-0.05, 0) is 18.8 Å². The largest absolute Gasteiger partial charge is 0.322 e. The first-order chi connectivity index (χ1) is 5.70. The van der Waals surface area contributed by atoms with Gasteiger partial charge in [0.05, 0.1) is 23.0 Å². The third kappa shape index (κ3) is 1.23. The zero-order valence-corrected chi connectivity index (χ0v) is 7.75. The summed E-state index contributed by atoms with van der Waals surface area (Å²) >= 11 is 5.95. The predicted octanol–water partition coefficient (Wildman–Crippen LogP) is 1.48. The van der Waals surface area contributed by atoms with Crippen molar-refractivity contribution in [2.45, 2.75) is 18.9 Å². The molecule has 1 atom stereocenters. The minimum absolute atomic E-state index is 0.0741. The Morgan fingerprint density at radius 2 is 2.42 bits per heavy atom. The van der Waals surface area contributed by atoms with Gasteiger partial charge in [0.25, 0.3) is 0 Å². The van der Waals surface area contributed by atoms with Crippen LogP contribution in [-0.2, 0) is 7.05 Å². The van der Waals surface area contributed by atoms with Crippen LogP contribution in [0.1, 0.15) is 24.6 Å². The van der Waals surface area contributed by atoms with Gasteiger partial charge >= 0.3 is 0 Å². The van der Waals surface area contributed by atoms with Gasteiger partial charge in [0.2, 0.25) is 0 Å². The van der Waals surface area contributed by atoms with E-state index in [1.165, 1.54) is 12.8 Å². The number of rotatable bonds is 2. The molecule has 0 aliphatic heterocycles. The van der Waals surface area contributed by atoms with Gasteiger partial charge in [0.15, 0.2) is 0 Å². The maximum absolute atomic E-state index is 6.00. The van der Waals surface area contributed by atoms with Crippen molar-refractivity contribution in [2.24, 2.45) is 18.7 Å². The lowest BCUT2D eigenvalue weighted by Gasteiger charge is -2.10. The Hall–Kier alpha value is -0.540. The minimum atomic E-state index is 0.0741. The highest BCUT2D eigenvalue weighted by atomic mass is 35.5. The van der Waals surface area contributed by atoms with E-state index in [1.807, 2.05) is 7.05 Å². The van der Waals surface area contributed by atoms with Crippen LogP contribution in [0.2, 0.25) is 5.02 Å². The number of nitrogens with zero attached hydrogens (tertiary/aromatic N) is 2. The van der Waals surface area contributed by atoms with Gasteiger partial charge in [-0.1, -0.05) is 11.6 Å². The molecule has 1 aliphatic carbocycles. The van der Waals surface area contributed by atoms with Gasteiger partial charge in [-0.3, -0.25) is 4.68 Å². The Balaban J connectivity index is 2.30. The smallest absolute Gasteiger partial charge is 0.0834 e. The molecule has 2 rings (SSSR count). The minimum Gasteiger partial charge on any atom is -0.322 e. The van der Waals surface area contributed by atoms with Gasteiger partial charge in [0, 0.05) is 7.05 Å². The summed E-state index contributed by atoms with van der Waals surface area (Å²) in [7, 11) is 1.88. The molecular weight excluding hydrogens is 174 g/mol. The number of aryl methyl sites for hydroxylation is 1. The number of hydrogen-bond acceptors (Lipinski definition) is 2. The van der Waals surface area contributed by atoms with E-state index < -0.39 is 0 Å². The molecule has 0 radical (unpaired) electrons. The van der Waals surface area contributed by atoms with Crippen LogP contribution < -0.4 is 5.73 Å². The molecule has 1 unspecified atom stereocenters. The van der Waals surface area contributed by atoms with Gasteiger partial charge < -0.3 is 5.73 Å². The topological polar surface area (TPSA) is 43.8 Å². The van der Waals surface area contributed by atoms with Crippen molar-refractivity contribution in [1.29, 1.82) is 0 Å². The number of aromatic nitrogens is 2. The van der Waals surface area contributed by atoms with E-state index >= 15 is 0 Å². The fourth-order valence-electron chi connectivity index (χ4n) is 1.47. The molecule has 1 aliphatic rings.